The summed E-state index contributed by atoms with van der Waals surface area (Å²) in [5.41, 5.74) is 2.72. The van der Waals surface area contributed by atoms with Gasteiger partial charge in [-0.15, -0.1) is 0 Å². The Kier molecular flexibility index (Phi) is 6.38. The molecule has 0 aliphatic heterocycles. The van der Waals surface area contributed by atoms with Crippen molar-refractivity contribution in [3.63, 3.8) is 0 Å². The van der Waals surface area contributed by atoms with Gasteiger partial charge in [0.25, 0.3) is 5.56 Å². The quantitative estimate of drug-likeness (QED) is 0.261. The van der Waals surface area contributed by atoms with Gasteiger partial charge >= 0.3 is 0 Å². The van der Waals surface area contributed by atoms with Crippen molar-refractivity contribution in [2.24, 2.45) is 4.99 Å². The predicted octanol–water partition coefficient (Wildman–Crippen LogP) is 6.85. The number of halogens is 2. The second-order valence-corrected chi connectivity index (χ2v) is 11.3. The van der Waals surface area contributed by atoms with Crippen molar-refractivity contribution in [2.45, 2.75) is 32.6 Å². The van der Waals surface area contributed by atoms with Gasteiger partial charge in [0.05, 0.1) is 10.2 Å². The highest BCUT2D eigenvalue weighted by molar-refractivity contribution is 9.11. The van der Waals surface area contributed by atoms with Crippen LogP contribution in [0.1, 0.15) is 42.5 Å². The minimum absolute atomic E-state index is 0.0917. The lowest BCUT2D eigenvalue weighted by molar-refractivity contribution is 0.471. The van der Waals surface area contributed by atoms with Crippen molar-refractivity contribution in [1.29, 1.82) is 0 Å². The van der Waals surface area contributed by atoms with Gasteiger partial charge < -0.3 is 10.1 Å². The summed E-state index contributed by atoms with van der Waals surface area (Å²) in [5.74, 6) is 0.118. The molecule has 0 aliphatic carbocycles. The van der Waals surface area contributed by atoms with E-state index in [0.717, 1.165) is 25.9 Å². The number of fused-ring (bicyclic) bond motifs is 1. The van der Waals surface area contributed by atoms with E-state index in [4.69, 9.17) is 4.98 Å². The third kappa shape index (κ3) is 4.87. The zero-order chi connectivity index (χ0) is 23.0. The number of thiazole rings is 1. The van der Waals surface area contributed by atoms with E-state index in [9.17, 15) is 9.90 Å². The van der Waals surface area contributed by atoms with Crippen LogP contribution in [-0.4, -0.2) is 21.3 Å². The van der Waals surface area contributed by atoms with E-state index in [1.165, 1.54) is 11.3 Å². The molecule has 164 valence electrons. The molecule has 0 fully saturated rings. The van der Waals surface area contributed by atoms with E-state index in [2.05, 4.69) is 62.6 Å². The molecule has 0 radical (unpaired) electrons. The second-order valence-electron chi connectivity index (χ2n) is 8.49. The summed E-state index contributed by atoms with van der Waals surface area (Å²) in [6.45, 7) is 6.29. The Morgan fingerprint density at radius 2 is 1.94 bits per heavy atom. The number of nitrogens with one attached hydrogen (secondary N) is 1. The van der Waals surface area contributed by atoms with Crippen LogP contribution in [0.4, 0.5) is 5.13 Å². The number of rotatable bonds is 4. The van der Waals surface area contributed by atoms with Crippen LogP contribution in [0.2, 0.25) is 0 Å². The topological polar surface area (TPSA) is 78.3 Å². The normalized spacial score (nSPS) is 12.2. The summed E-state index contributed by atoms with van der Waals surface area (Å²) in [6, 6.07) is 13.3. The first-order valence-electron chi connectivity index (χ1n) is 9.95. The van der Waals surface area contributed by atoms with Gasteiger partial charge in [0.1, 0.15) is 5.75 Å². The molecule has 32 heavy (non-hydrogen) atoms. The highest BCUT2D eigenvalue weighted by atomic mass is 79.9. The summed E-state index contributed by atoms with van der Waals surface area (Å²) >= 11 is 8.23. The fraction of sp³-hybridized carbons (Fsp3) is 0.208. The number of hydrogen-bond acceptors (Lipinski definition) is 5. The molecule has 0 bridgehead atoms. The van der Waals surface area contributed by atoms with E-state index in [1.54, 1.807) is 18.3 Å². The molecule has 0 saturated heterocycles. The minimum Gasteiger partial charge on any atom is -0.506 e. The Bertz CT molecular complexity index is 1400. The maximum atomic E-state index is 12.7. The van der Waals surface area contributed by atoms with Crippen molar-refractivity contribution < 1.29 is 5.11 Å². The third-order valence-electron chi connectivity index (χ3n) is 4.95. The maximum Gasteiger partial charge on any atom is 0.251 e. The smallest absolute Gasteiger partial charge is 0.251 e. The van der Waals surface area contributed by atoms with Gasteiger partial charge in [0.15, 0.2) is 0 Å². The van der Waals surface area contributed by atoms with Crippen molar-refractivity contribution in [1.82, 2.24) is 9.97 Å². The highest BCUT2D eigenvalue weighted by Crippen LogP contribution is 2.36. The lowest BCUT2D eigenvalue weighted by Crippen LogP contribution is -2.17. The van der Waals surface area contributed by atoms with Gasteiger partial charge in [0, 0.05) is 44.0 Å². The molecule has 0 atom stereocenters. The lowest BCUT2D eigenvalue weighted by Gasteiger charge is -2.17. The van der Waals surface area contributed by atoms with E-state index >= 15 is 0 Å². The summed E-state index contributed by atoms with van der Waals surface area (Å²) in [6.07, 6.45) is 2.08. The third-order valence-corrected chi connectivity index (χ3v) is 6.98. The number of phenolic OH excluding ortho intramolecular Hbond substituents is 1. The summed E-state index contributed by atoms with van der Waals surface area (Å²) in [5, 5.41) is 11.9. The molecule has 2 heterocycles. The summed E-state index contributed by atoms with van der Waals surface area (Å²) in [4.78, 5) is 25.9. The molecule has 5 nitrogen and oxygen atoms in total. The van der Waals surface area contributed by atoms with E-state index in [1.807, 2.05) is 30.3 Å². The van der Waals surface area contributed by atoms with Gasteiger partial charge in [-0.25, -0.2) is 9.98 Å². The molecule has 2 aromatic carbocycles. The first-order chi connectivity index (χ1) is 15.1. The number of pyridine rings is 1. The van der Waals surface area contributed by atoms with Crippen molar-refractivity contribution >= 4 is 65.4 Å². The molecule has 2 aromatic heterocycles. The number of hydrogen-bond donors (Lipinski definition) is 2. The first kappa shape index (κ1) is 22.9. The van der Waals surface area contributed by atoms with Crippen LogP contribution >= 0.6 is 43.2 Å². The average molecular weight is 575 g/mol. The van der Waals surface area contributed by atoms with E-state index in [-0.39, 0.29) is 16.7 Å². The van der Waals surface area contributed by atoms with E-state index < -0.39 is 0 Å². The van der Waals surface area contributed by atoms with Crippen LogP contribution in [0, 0.1) is 0 Å². The van der Waals surface area contributed by atoms with Crippen LogP contribution in [0.15, 0.2) is 61.2 Å². The molecule has 8 heteroatoms. The fourth-order valence-corrected chi connectivity index (χ4v) is 5.80. The Hall–Kier alpha value is -2.29. The van der Waals surface area contributed by atoms with Crippen molar-refractivity contribution in [3.05, 3.63) is 83.5 Å². The van der Waals surface area contributed by atoms with Crippen LogP contribution in [-0.2, 0) is 11.8 Å². The zero-order valence-corrected chi connectivity index (χ0v) is 21.7. The highest BCUT2D eigenvalue weighted by Gasteiger charge is 2.24. The number of aromatic nitrogens is 2. The Labute approximate surface area is 206 Å². The number of aromatic hydroxyl groups is 1. The largest absolute Gasteiger partial charge is 0.506 e. The average Bonchev–Trinajstić information content (AvgIpc) is 3.13. The van der Waals surface area contributed by atoms with Crippen LogP contribution in [0.5, 0.6) is 5.75 Å². The van der Waals surface area contributed by atoms with Crippen LogP contribution in [0.3, 0.4) is 0 Å². The van der Waals surface area contributed by atoms with Gasteiger partial charge in [-0.2, -0.15) is 0 Å². The first-order valence-corrected chi connectivity index (χ1v) is 12.4. The van der Waals surface area contributed by atoms with E-state index in [0.29, 0.717) is 27.2 Å². The summed E-state index contributed by atoms with van der Waals surface area (Å²) in [7, 11) is 0. The monoisotopic (exact) mass is 573 g/mol. The number of aliphatic imine (C=N–C) groups is 1. The number of para-hydroxylation sites is 1. The molecule has 2 N–H and O–H groups in total. The fourth-order valence-electron chi connectivity index (χ4n) is 3.41. The number of benzene rings is 2. The number of nitrogens with zero attached hydrogens (tertiary/aromatic N) is 2. The molecule has 0 spiro atoms. The Morgan fingerprint density at radius 1 is 1.19 bits per heavy atom. The molecule has 4 rings (SSSR count). The van der Waals surface area contributed by atoms with Crippen molar-refractivity contribution in [3.8, 4) is 5.75 Å². The lowest BCUT2D eigenvalue weighted by atomic mass is 9.90. The number of phenols is 1. The van der Waals surface area contributed by atoms with Gasteiger partial charge in [0.2, 0.25) is 5.13 Å². The number of H-pyrrole nitrogens is 1. The summed E-state index contributed by atoms with van der Waals surface area (Å²) < 4.78 is 1.41. The minimum atomic E-state index is -0.204. The molecule has 0 unspecified atom stereocenters. The van der Waals surface area contributed by atoms with Crippen molar-refractivity contribution in [2.75, 3.05) is 0 Å². The Morgan fingerprint density at radius 3 is 2.69 bits per heavy atom. The standard InChI is InChI=1S/C24H21Br2N3O2S/c1-24(2,3)21-19(10-14-8-13-6-4-5-7-18(13)28-22(14)31)32-23(29-21)27-12-15-9-16(25)11-17(26)20(15)30/h4-9,11-12,30H,10H2,1-3H3,(H,28,31)/b27-12+. The SMILES string of the molecule is CC(C)(C)c1nc(/N=C/c2cc(Br)cc(Br)c2O)sc1Cc1cc2ccccc2[nH]c1=O. The van der Waals surface area contributed by atoms with Crippen LogP contribution < -0.4 is 5.56 Å². The second kappa shape index (κ2) is 8.92. The molecule has 0 amide bonds. The van der Waals surface area contributed by atoms with Gasteiger partial charge in [-0.1, -0.05) is 66.2 Å². The molecular weight excluding hydrogens is 554 g/mol. The molecule has 4 aromatic rings. The zero-order valence-electron chi connectivity index (χ0n) is 17.7. The molecule has 0 saturated carbocycles. The Balaban J connectivity index is 1.72. The predicted molar refractivity (Wildman–Crippen MR) is 139 cm³/mol. The molecule has 0 aliphatic rings. The number of aromatic amines is 1. The maximum absolute atomic E-state index is 12.7. The van der Waals surface area contributed by atoms with Crippen LogP contribution in [0.25, 0.3) is 10.9 Å². The molecular formula is C24H21Br2N3O2S. The van der Waals surface area contributed by atoms with Gasteiger partial charge in [-0.3, -0.25) is 4.79 Å². The van der Waals surface area contributed by atoms with Gasteiger partial charge in [-0.05, 0) is 45.6 Å².